The lowest BCUT2D eigenvalue weighted by Crippen LogP contribution is -2.18. The van der Waals surface area contributed by atoms with Gasteiger partial charge in [-0.1, -0.05) is 51.0 Å². The summed E-state index contributed by atoms with van der Waals surface area (Å²) in [5.74, 6) is -0.566. The summed E-state index contributed by atoms with van der Waals surface area (Å²) >= 11 is 0. The molecule has 104 valence electrons. The van der Waals surface area contributed by atoms with E-state index in [0.29, 0.717) is 24.0 Å². The van der Waals surface area contributed by atoms with E-state index in [4.69, 9.17) is 4.74 Å². The van der Waals surface area contributed by atoms with Crippen LogP contribution >= 0.6 is 0 Å². The number of ketones is 1. The lowest BCUT2D eigenvalue weighted by molar-refractivity contribution is -0.136. The molecule has 1 aliphatic carbocycles. The van der Waals surface area contributed by atoms with Crippen molar-refractivity contribution in [1.82, 2.24) is 0 Å². The van der Waals surface area contributed by atoms with Crippen LogP contribution in [0.5, 0.6) is 0 Å². The van der Waals surface area contributed by atoms with Crippen LogP contribution < -0.4 is 0 Å². The normalized spacial score (nSPS) is 15.5. The summed E-state index contributed by atoms with van der Waals surface area (Å²) in [7, 11) is 1.36. The van der Waals surface area contributed by atoms with Crippen LogP contribution in [0.1, 0.15) is 39.5 Å². The number of carbonyl (C=O) groups is 2. The van der Waals surface area contributed by atoms with E-state index in [1.165, 1.54) is 7.11 Å². The number of hydrogen-bond acceptors (Lipinski definition) is 3. The number of carbonyl (C=O) groups excluding carboxylic acids is 2. The Bertz CT molecular complexity index is 415. The molecule has 0 bridgehead atoms. The van der Waals surface area contributed by atoms with Crippen molar-refractivity contribution in [3.05, 3.63) is 35.5 Å². The summed E-state index contributed by atoms with van der Waals surface area (Å²) in [4.78, 5) is 24.4. The highest BCUT2D eigenvalue weighted by atomic mass is 16.5. The third-order valence-corrected chi connectivity index (χ3v) is 3.14. The predicted molar refractivity (Wildman–Crippen MR) is 75.6 cm³/mol. The van der Waals surface area contributed by atoms with E-state index in [9.17, 15) is 9.59 Å². The first-order chi connectivity index (χ1) is 9.15. The van der Waals surface area contributed by atoms with Crippen LogP contribution in [0.2, 0.25) is 0 Å². The highest BCUT2D eigenvalue weighted by Gasteiger charge is 2.24. The Morgan fingerprint density at radius 1 is 1.00 bits per heavy atom. The van der Waals surface area contributed by atoms with Crippen LogP contribution in [0.4, 0.5) is 0 Å². The lowest BCUT2D eigenvalue weighted by atomic mass is 9.90. The Hall–Kier alpha value is -1.64. The highest BCUT2D eigenvalue weighted by molar-refractivity contribution is 6.06. The molecule has 3 heteroatoms. The van der Waals surface area contributed by atoms with Crippen LogP contribution in [0.15, 0.2) is 35.5 Å². The molecule has 0 saturated heterocycles. The second-order valence-corrected chi connectivity index (χ2v) is 4.61. The Morgan fingerprint density at radius 3 is 2.00 bits per heavy atom. The number of methoxy groups -OCH3 is 1. The summed E-state index contributed by atoms with van der Waals surface area (Å²) in [6, 6.07) is 0. The molecule has 1 rings (SSSR count). The molecule has 0 N–H and O–H groups in total. The van der Waals surface area contributed by atoms with Crippen molar-refractivity contribution < 1.29 is 14.3 Å². The van der Waals surface area contributed by atoms with Crippen LogP contribution in [0.25, 0.3) is 0 Å². The highest BCUT2D eigenvalue weighted by Crippen LogP contribution is 2.24. The van der Waals surface area contributed by atoms with Gasteiger partial charge in [-0.3, -0.25) is 4.79 Å². The number of Topliss-reactive ketones (excluding diaryl/α,β-unsaturated/α-hetero) is 1. The monoisotopic (exact) mass is 262 g/mol. The summed E-state index contributed by atoms with van der Waals surface area (Å²) in [5, 5.41) is 0. The standard InChI is InChI=1S/C16H22O3/c1-4-8-13(14(9-5-2)16(18)19-3)15(17)12-10-6-7-11-12/h6-7,10-12H,4-5,8-9H2,1-3H3/b14-13-. The van der Waals surface area contributed by atoms with E-state index < -0.39 is 0 Å². The quantitative estimate of drug-likeness (QED) is 0.522. The molecule has 0 unspecified atom stereocenters. The molecule has 0 amide bonds. The first-order valence-corrected chi connectivity index (χ1v) is 6.85. The molecule has 0 saturated carbocycles. The molecule has 3 nitrogen and oxygen atoms in total. The zero-order chi connectivity index (χ0) is 14.3. The second-order valence-electron chi connectivity index (χ2n) is 4.61. The molecular formula is C16H22O3. The lowest BCUT2D eigenvalue weighted by Gasteiger charge is -2.14. The maximum absolute atomic E-state index is 12.5. The van der Waals surface area contributed by atoms with Crippen LogP contribution in [0, 0.1) is 5.92 Å². The van der Waals surface area contributed by atoms with E-state index in [1.54, 1.807) is 0 Å². The van der Waals surface area contributed by atoms with Gasteiger partial charge in [0.25, 0.3) is 0 Å². The molecule has 0 aromatic rings. The van der Waals surface area contributed by atoms with E-state index in [1.807, 2.05) is 38.2 Å². The number of hydrogen-bond donors (Lipinski definition) is 0. The van der Waals surface area contributed by atoms with Crippen LogP contribution in [-0.4, -0.2) is 18.9 Å². The molecule has 0 fully saturated rings. The molecule has 0 heterocycles. The molecular weight excluding hydrogens is 240 g/mol. The first kappa shape index (κ1) is 15.4. The summed E-state index contributed by atoms with van der Waals surface area (Å²) in [6.45, 7) is 4.00. The molecule has 0 aromatic heterocycles. The van der Waals surface area contributed by atoms with Gasteiger partial charge >= 0.3 is 5.97 Å². The molecule has 1 aliphatic rings. The average Bonchev–Trinajstić information content (AvgIpc) is 2.95. The average molecular weight is 262 g/mol. The first-order valence-electron chi connectivity index (χ1n) is 6.85. The van der Waals surface area contributed by atoms with Gasteiger partial charge < -0.3 is 4.74 Å². The number of esters is 1. The van der Waals surface area contributed by atoms with Gasteiger partial charge in [-0.25, -0.2) is 4.79 Å². The number of ether oxygens (including phenoxy) is 1. The van der Waals surface area contributed by atoms with Gasteiger partial charge in [-0.05, 0) is 12.8 Å². The molecule has 0 aliphatic heterocycles. The van der Waals surface area contributed by atoms with Gasteiger partial charge in [0.1, 0.15) is 0 Å². The van der Waals surface area contributed by atoms with E-state index in [0.717, 1.165) is 12.8 Å². The maximum Gasteiger partial charge on any atom is 0.334 e. The van der Waals surface area contributed by atoms with Crippen LogP contribution in [-0.2, 0) is 14.3 Å². The van der Waals surface area contributed by atoms with E-state index >= 15 is 0 Å². The van der Waals surface area contributed by atoms with E-state index in [2.05, 4.69) is 0 Å². The van der Waals surface area contributed by atoms with Gasteiger partial charge in [0.2, 0.25) is 0 Å². The SMILES string of the molecule is CCC/C(C(=O)OC)=C(\CCC)C(=O)C1C=CC=C1. The van der Waals surface area contributed by atoms with Crippen molar-refractivity contribution in [3.63, 3.8) is 0 Å². The summed E-state index contributed by atoms with van der Waals surface area (Å²) < 4.78 is 4.82. The van der Waals surface area contributed by atoms with Gasteiger partial charge in [0.05, 0.1) is 13.0 Å². The van der Waals surface area contributed by atoms with Gasteiger partial charge in [-0.2, -0.15) is 0 Å². The minimum atomic E-state index is -0.371. The molecule has 19 heavy (non-hydrogen) atoms. The Kier molecular flexibility index (Phi) is 6.26. The maximum atomic E-state index is 12.5. The zero-order valence-electron chi connectivity index (χ0n) is 11.9. The Labute approximate surface area is 115 Å². The molecule has 0 spiro atoms. The van der Waals surface area contributed by atoms with Crippen molar-refractivity contribution in [1.29, 1.82) is 0 Å². The third-order valence-electron chi connectivity index (χ3n) is 3.14. The van der Waals surface area contributed by atoms with Crippen molar-refractivity contribution in [2.75, 3.05) is 7.11 Å². The fraction of sp³-hybridized carbons (Fsp3) is 0.500. The zero-order valence-corrected chi connectivity index (χ0v) is 11.9. The minimum absolute atomic E-state index is 0.0284. The Morgan fingerprint density at radius 2 is 1.53 bits per heavy atom. The van der Waals surface area contributed by atoms with Crippen LogP contribution in [0.3, 0.4) is 0 Å². The van der Waals surface area contributed by atoms with Gasteiger partial charge in [0.15, 0.2) is 5.78 Å². The molecule has 0 aromatic carbocycles. The largest absolute Gasteiger partial charge is 0.466 e. The fourth-order valence-corrected chi connectivity index (χ4v) is 2.23. The van der Waals surface area contributed by atoms with Gasteiger partial charge in [-0.15, -0.1) is 0 Å². The smallest absolute Gasteiger partial charge is 0.334 e. The minimum Gasteiger partial charge on any atom is -0.466 e. The fourth-order valence-electron chi connectivity index (χ4n) is 2.23. The third kappa shape index (κ3) is 3.91. The molecule has 0 atom stereocenters. The molecule has 0 radical (unpaired) electrons. The van der Waals surface area contributed by atoms with Gasteiger partial charge in [0, 0.05) is 11.1 Å². The topological polar surface area (TPSA) is 43.4 Å². The van der Waals surface area contributed by atoms with Crippen molar-refractivity contribution >= 4 is 11.8 Å². The van der Waals surface area contributed by atoms with Crippen molar-refractivity contribution in [3.8, 4) is 0 Å². The number of rotatable bonds is 7. The predicted octanol–water partition coefficient (Wildman–Crippen LogP) is 3.37. The van der Waals surface area contributed by atoms with Crippen molar-refractivity contribution in [2.24, 2.45) is 5.92 Å². The summed E-state index contributed by atoms with van der Waals surface area (Å²) in [6.07, 6.45) is 10.3. The Balaban J connectivity index is 3.12. The summed E-state index contributed by atoms with van der Waals surface area (Å²) in [5.41, 5.74) is 1.18. The van der Waals surface area contributed by atoms with E-state index in [-0.39, 0.29) is 17.7 Å². The number of allylic oxidation sites excluding steroid dienone is 5. The second kappa shape index (κ2) is 7.72. The van der Waals surface area contributed by atoms with Crippen molar-refractivity contribution in [2.45, 2.75) is 39.5 Å².